The van der Waals surface area contributed by atoms with Crippen LogP contribution < -0.4 is 0 Å². The average Bonchev–Trinajstić information content (AvgIpc) is 3.12. The van der Waals surface area contributed by atoms with Crippen LogP contribution in [0.15, 0.2) is 77.3 Å². The number of aliphatic hydroxyl groups excluding tert-OH is 6. The summed E-state index contributed by atoms with van der Waals surface area (Å²) in [5, 5.41) is 55.4. The van der Waals surface area contributed by atoms with Crippen molar-refractivity contribution in [1.29, 1.82) is 0 Å². The van der Waals surface area contributed by atoms with E-state index in [1.165, 1.54) is 0 Å². The van der Waals surface area contributed by atoms with Crippen LogP contribution in [0.5, 0.6) is 0 Å². The summed E-state index contributed by atoms with van der Waals surface area (Å²) in [7, 11) is -1.70. The summed E-state index contributed by atoms with van der Waals surface area (Å²) >= 11 is 3.33. The van der Waals surface area contributed by atoms with E-state index >= 15 is 0 Å². The maximum Gasteiger partial charge on any atom is 0.146 e. The van der Waals surface area contributed by atoms with Gasteiger partial charge in [-0.1, -0.05) is 106 Å². The molecule has 0 fully saturated rings. The molecule has 51 heavy (non-hydrogen) atoms. The van der Waals surface area contributed by atoms with Gasteiger partial charge >= 0.3 is 0 Å². The highest BCUT2D eigenvalue weighted by molar-refractivity contribution is 9.10. The number of aliphatic hydroxyl groups is 6. The van der Waals surface area contributed by atoms with Crippen molar-refractivity contribution in [3.8, 4) is 23.8 Å². The van der Waals surface area contributed by atoms with E-state index in [1.807, 2.05) is 60.7 Å². The van der Waals surface area contributed by atoms with E-state index in [4.69, 9.17) is 21.7 Å². The van der Waals surface area contributed by atoms with Crippen molar-refractivity contribution >= 4 is 24.0 Å². The fraction of sp³-hybridized carbons (Fsp3) is 0.488. The molecule has 0 aliphatic carbocycles. The monoisotopic (exact) mass is 780 g/mol. The molecule has 280 valence electrons. The summed E-state index contributed by atoms with van der Waals surface area (Å²) in [6, 6.07) is 22.7. The van der Waals surface area contributed by atoms with Gasteiger partial charge in [0.05, 0.1) is 18.3 Å². The zero-order valence-electron chi connectivity index (χ0n) is 31.4. The Bertz CT molecular complexity index is 1430. The van der Waals surface area contributed by atoms with Crippen LogP contribution in [0.1, 0.15) is 126 Å². The Morgan fingerprint density at radius 1 is 0.549 bits per heavy atom. The molecule has 8 heteroatoms. The molecule has 0 aliphatic heterocycles. The van der Waals surface area contributed by atoms with E-state index in [0.717, 1.165) is 32.3 Å². The Balaban J connectivity index is 0.000000410. The summed E-state index contributed by atoms with van der Waals surface area (Å²) in [6.07, 6.45) is 7.38. The number of hydrogen-bond donors (Lipinski definition) is 6. The Morgan fingerprint density at radius 2 is 0.863 bits per heavy atom. The molecule has 0 bridgehead atoms. The molecule has 0 saturated heterocycles. The zero-order valence-corrected chi connectivity index (χ0v) is 34.0. The SMILES string of the molecule is C#Cc1ccc(C(O)CCCO)cc1.CC(C)[Si](C#Cc1ccc(C(O)CCCO)cc1)(C(C)C)C(C)C.OCCCC(O)c1ccc(Br)cc1. The van der Waals surface area contributed by atoms with Crippen molar-refractivity contribution in [3.05, 3.63) is 105 Å². The van der Waals surface area contributed by atoms with E-state index in [9.17, 15) is 15.3 Å². The molecule has 3 aromatic rings. The molecular weight excluding hydrogens is 720 g/mol. The summed E-state index contributed by atoms with van der Waals surface area (Å²) in [5.41, 5.74) is 10.1. The second kappa shape index (κ2) is 25.3. The van der Waals surface area contributed by atoms with Crippen LogP contribution in [-0.2, 0) is 0 Å². The molecule has 0 aromatic heterocycles. The third-order valence-corrected chi connectivity index (χ3v) is 16.0. The van der Waals surface area contributed by atoms with Gasteiger partial charge in [0.1, 0.15) is 8.07 Å². The minimum atomic E-state index is -1.70. The molecule has 3 aromatic carbocycles. The van der Waals surface area contributed by atoms with E-state index in [0.29, 0.717) is 55.1 Å². The normalized spacial score (nSPS) is 12.8. The number of terminal acetylenes is 1. The molecule has 3 atom stereocenters. The maximum absolute atomic E-state index is 10.1. The first-order valence-electron chi connectivity index (χ1n) is 18.1. The molecular formula is C43H61BrO6Si. The summed E-state index contributed by atoms with van der Waals surface area (Å²) in [5.74, 6) is 5.94. The van der Waals surface area contributed by atoms with Crippen molar-refractivity contribution in [2.24, 2.45) is 0 Å². The molecule has 6 N–H and O–H groups in total. The lowest BCUT2D eigenvalue weighted by Crippen LogP contribution is -2.43. The minimum Gasteiger partial charge on any atom is -0.396 e. The van der Waals surface area contributed by atoms with Crippen LogP contribution in [-0.4, -0.2) is 58.5 Å². The first-order chi connectivity index (χ1) is 24.3. The van der Waals surface area contributed by atoms with Crippen LogP contribution in [0.25, 0.3) is 0 Å². The van der Waals surface area contributed by atoms with Crippen LogP contribution in [0.3, 0.4) is 0 Å². The minimum absolute atomic E-state index is 0.111. The van der Waals surface area contributed by atoms with Crippen LogP contribution in [0, 0.1) is 23.8 Å². The molecule has 0 aliphatic rings. The van der Waals surface area contributed by atoms with Gasteiger partial charge in [0.15, 0.2) is 0 Å². The Kier molecular flexibility index (Phi) is 22.9. The quantitative estimate of drug-likeness (QED) is 0.0678. The topological polar surface area (TPSA) is 121 Å². The van der Waals surface area contributed by atoms with Crippen molar-refractivity contribution < 1.29 is 30.6 Å². The van der Waals surface area contributed by atoms with E-state index in [2.05, 4.69) is 74.9 Å². The smallest absolute Gasteiger partial charge is 0.146 e. The number of benzene rings is 3. The van der Waals surface area contributed by atoms with Gasteiger partial charge in [-0.3, -0.25) is 0 Å². The third-order valence-electron chi connectivity index (χ3n) is 9.21. The molecule has 3 unspecified atom stereocenters. The van der Waals surface area contributed by atoms with Gasteiger partial charge in [-0.25, -0.2) is 0 Å². The largest absolute Gasteiger partial charge is 0.396 e. The molecule has 0 radical (unpaired) electrons. The highest BCUT2D eigenvalue weighted by Crippen LogP contribution is 2.40. The summed E-state index contributed by atoms with van der Waals surface area (Å²) in [6.45, 7) is 14.3. The Labute approximate surface area is 317 Å². The predicted molar refractivity (Wildman–Crippen MR) is 217 cm³/mol. The molecule has 0 saturated carbocycles. The Morgan fingerprint density at radius 3 is 1.16 bits per heavy atom. The van der Waals surface area contributed by atoms with Gasteiger partial charge in [0.2, 0.25) is 0 Å². The van der Waals surface area contributed by atoms with Crippen molar-refractivity contribution in [2.75, 3.05) is 19.8 Å². The lowest BCUT2D eigenvalue weighted by Gasteiger charge is -2.38. The van der Waals surface area contributed by atoms with Crippen LogP contribution in [0.4, 0.5) is 0 Å². The van der Waals surface area contributed by atoms with E-state index in [1.54, 1.807) is 12.1 Å². The molecule has 0 amide bonds. The first-order valence-corrected chi connectivity index (χ1v) is 21.1. The number of rotatable bonds is 15. The van der Waals surface area contributed by atoms with Gasteiger partial charge < -0.3 is 30.6 Å². The van der Waals surface area contributed by atoms with E-state index < -0.39 is 26.4 Å². The molecule has 6 nitrogen and oxygen atoms in total. The lowest BCUT2D eigenvalue weighted by atomic mass is 10.0. The van der Waals surface area contributed by atoms with Gasteiger partial charge in [0.25, 0.3) is 0 Å². The van der Waals surface area contributed by atoms with Gasteiger partial charge in [-0.2, -0.15) is 0 Å². The molecule has 0 heterocycles. The van der Waals surface area contributed by atoms with Crippen LogP contribution in [0.2, 0.25) is 16.6 Å². The number of hydrogen-bond acceptors (Lipinski definition) is 6. The van der Waals surface area contributed by atoms with Gasteiger partial charge in [-0.15, -0.1) is 12.0 Å². The summed E-state index contributed by atoms with van der Waals surface area (Å²) < 4.78 is 1.01. The highest BCUT2D eigenvalue weighted by atomic mass is 79.9. The molecule has 0 spiro atoms. The fourth-order valence-electron chi connectivity index (χ4n) is 6.24. The average molecular weight is 782 g/mol. The van der Waals surface area contributed by atoms with E-state index in [-0.39, 0.29) is 19.8 Å². The predicted octanol–water partition coefficient (Wildman–Crippen LogP) is 8.79. The van der Waals surface area contributed by atoms with Crippen LogP contribution >= 0.6 is 15.9 Å². The lowest BCUT2D eigenvalue weighted by molar-refractivity contribution is 0.151. The van der Waals surface area contributed by atoms with Crippen molar-refractivity contribution in [3.63, 3.8) is 0 Å². The second-order valence-electron chi connectivity index (χ2n) is 13.7. The standard InChI is InChI=1S/C21H34O2Si.C12H14O2.C10H13BrO2/c1-16(2)24(17(3)4,18(5)6)15-13-19-9-11-20(12-10-19)21(23)8-7-14-22;1-2-10-5-7-11(8-6-10)12(14)4-3-9-13;11-9-5-3-8(4-6-9)10(13)2-1-7-12/h9-12,16-18,21-23H,7-8,14H2,1-6H3;1,5-8,12-14H,3-4,9H2;3-6,10,12-13H,1-2,7H2. The number of halogens is 1. The fourth-order valence-corrected chi connectivity index (χ4v) is 11.7. The first kappa shape index (κ1) is 46.3. The van der Waals surface area contributed by atoms with Gasteiger partial charge in [-0.05, 0) is 108 Å². The molecule has 3 rings (SSSR count). The van der Waals surface area contributed by atoms with Crippen molar-refractivity contribution in [2.45, 2.75) is 115 Å². The third kappa shape index (κ3) is 16.2. The summed E-state index contributed by atoms with van der Waals surface area (Å²) in [4.78, 5) is 0. The highest BCUT2D eigenvalue weighted by Gasteiger charge is 2.41. The Hall–Kier alpha value is -2.76. The maximum atomic E-state index is 10.1. The van der Waals surface area contributed by atoms with Gasteiger partial charge in [0, 0.05) is 35.4 Å². The second-order valence-corrected chi connectivity index (χ2v) is 20.2. The zero-order chi connectivity index (χ0) is 38.4. The van der Waals surface area contributed by atoms with Crippen molar-refractivity contribution in [1.82, 2.24) is 0 Å².